The van der Waals surface area contributed by atoms with E-state index in [1.165, 1.54) is 22.6 Å². The van der Waals surface area contributed by atoms with Gasteiger partial charge < -0.3 is 10.0 Å². The van der Waals surface area contributed by atoms with Crippen LogP contribution in [-0.4, -0.2) is 38.5 Å². The molecule has 122 valence electrons. The lowest BCUT2D eigenvalue weighted by atomic mass is 9.96. The van der Waals surface area contributed by atoms with Gasteiger partial charge in [-0.05, 0) is 31.4 Å². The third-order valence-corrected chi connectivity index (χ3v) is 4.30. The Kier molecular flexibility index (Phi) is 4.29. The van der Waals surface area contributed by atoms with E-state index in [4.69, 9.17) is 0 Å². The maximum Gasteiger partial charge on any atom is 0.306 e. The van der Waals surface area contributed by atoms with E-state index < -0.39 is 11.0 Å². The van der Waals surface area contributed by atoms with Crippen molar-refractivity contribution in [2.45, 2.75) is 38.5 Å². The molecule has 0 saturated heterocycles. The minimum absolute atomic E-state index is 0.0612. The Morgan fingerprint density at radius 3 is 2.96 bits per heavy atom. The lowest BCUT2D eigenvalue weighted by Gasteiger charge is -2.38. The number of rotatable bonds is 5. The van der Waals surface area contributed by atoms with E-state index in [-0.39, 0.29) is 12.2 Å². The van der Waals surface area contributed by atoms with E-state index in [0.717, 1.165) is 18.5 Å². The van der Waals surface area contributed by atoms with Crippen LogP contribution in [0.1, 0.15) is 18.9 Å². The monoisotopic (exact) mass is 316 g/mol. The maximum absolute atomic E-state index is 10.7. The molecule has 0 bridgehead atoms. The number of aliphatic hydroxyl groups excluding tert-OH is 1. The summed E-state index contributed by atoms with van der Waals surface area (Å²) in [6, 6.07) is 8.60. The van der Waals surface area contributed by atoms with Crippen LogP contribution in [0.2, 0.25) is 0 Å². The molecule has 0 unspecified atom stereocenters. The van der Waals surface area contributed by atoms with E-state index >= 15 is 0 Å². The smallest absolute Gasteiger partial charge is 0.306 e. The molecule has 7 nitrogen and oxygen atoms in total. The highest BCUT2D eigenvalue weighted by atomic mass is 16.6. The van der Waals surface area contributed by atoms with Crippen molar-refractivity contribution in [2.24, 2.45) is 0 Å². The number of aryl methyl sites for hydroxylation is 1. The van der Waals surface area contributed by atoms with E-state index in [1.807, 2.05) is 12.1 Å². The van der Waals surface area contributed by atoms with Crippen LogP contribution in [0, 0.1) is 10.1 Å². The molecule has 0 radical (unpaired) electrons. The summed E-state index contributed by atoms with van der Waals surface area (Å²) in [4.78, 5) is 12.4. The molecule has 1 aliphatic rings. The first kappa shape index (κ1) is 15.5. The fourth-order valence-corrected chi connectivity index (χ4v) is 3.09. The van der Waals surface area contributed by atoms with Gasteiger partial charge in [0.05, 0.1) is 17.6 Å². The third-order valence-electron chi connectivity index (χ3n) is 4.30. The second-order valence-electron chi connectivity index (χ2n) is 6.00. The van der Waals surface area contributed by atoms with Gasteiger partial charge in [-0.15, -0.1) is 0 Å². The Labute approximate surface area is 134 Å². The van der Waals surface area contributed by atoms with Crippen molar-refractivity contribution in [3.05, 3.63) is 52.3 Å². The van der Waals surface area contributed by atoms with Crippen LogP contribution in [-0.2, 0) is 13.0 Å². The van der Waals surface area contributed by atoms with E-state index in [0.29, 0.717) is 12.6 Å². The Hall–Kier alpha value is -2.41. The Balaban J connectivity index is 1.69. The normalized spacial score (nSPS) is 18.5. The van der Waals surface area contributed by atoms with Gasteiger partial charge in [-0.1, -0.05) is 18.2 Å². The lowest BCUT2D eigenvalue weighted by Crippen LogP contribution is -2.43. The first-order valence-corrected chi connectivity index (χ1v) is 7.74. The second-order valence-corrected chi connectivity index (χ2v) is 6.00. The number of hydrogen-bond acceptors (Lipinski definition) is 5. The van der Waals surface area contributed by atoms with Crippen molar-refractivity contribution in [1.29, 1.82) is 0 Å². The number of fused-ring (bicyclic) bond motifs is 1. The van der Waals surface area contributed by atoms with Crippen LogP contribution in [0.3, 0.4) is 0 Å². The highest BCUT2D eigenvalue weighted by Gasteiger charge is 2.25. The number of β-amino-alcohol motifs (C(OH)–C–C–N with tert-alkyl or cyclic N) is 1. The van der Waals surface area contributed by atoms with Gasteiger partial charge in [0.25, 0.3) is 0 Å². The first-order chi connectivity index (χ1) is 11.0. The summed E-state index contributed by atoms with van der Waals surface area (Å²) in [6.45, 7) is 2.87. The van der Waals surface area contributed by atoms with Crippen molar-refractivity contribution in [3.8, 4) is 0 Å². The van der Waals surface area contributed by atoms with Crippen molar-refractivity contribution in [1.82, 2.24) is 9.78 Å². The Morgan fingerprint density at radius 2 is 2.22 bits per heavy atom. The summed E-state index contributed by atoms with van der Waals surface area (Å²) in [5, 5.41) is 25.0. The van der Waals surface area contributed by atoms with Gasteiger partial charge in [0, 0.05) is 18.3 Å². The zero-order valence-corrected chi connectivity index (χ0v) is 13.0. The van der Waals surface area contributed by atoms with Gasteiger partial charge in [-0.3, -0.25) is 14.8 Å². The van der Waals surface area contributed by atoms with Crippen molar-refractivity contribution < 1.29 is 10.0 Å². The molecule has 0 fully saturated rings. The number of aliphatic hydroxyl groups is 1. The summed E-state index contributed by atoms with van der Waals surface area (Å²) in [6.07, 6.45) is 4.00. The standard InChI is InChI=1S/C16H20N4O3/c1-12-6-7-13-4-2-3-5-16(13)19(12)11-15(21)10-18-9-14(8-17-18)20(22)23/h2-5,8-9,12,15,21H,6-7,10-11H2,1H3/t12-,15+/m0/s1. The molecule has 0 spiro atoms. The molecule has 0 aliphatic carbocycles. The van der Waals surface area contributed by atoms with Crippen molar-refractivity contribution in [2.75, 3.05) is 11.4 Å². The molecule has 1 aromatic carbocycles. The van der Waals surface area contributed by atoms with Crippen LogP contribution in [0.4, 0.5) is 11.4 Å². The highest BCUT2D eigenvalue weighted by molar-refractivity contribution is 5.56. The van der Waals surface area contributed by atoms with Gasteiger partial charge in [0.2, 0.25) is 0 Å². The molecule has 0 saturated carbocycles. The molecular formula is C16H20N4O3. The third kappa shape index (κ3) is 3.34. The van der Waals surface area contributed by atoms with E-state index in [2.05, 4.69) is 29.1 Å². The van der Waals surface area contributed by atoms with Crippen LogP contribution in [0.25, 0.3) is 0 Å². The quantitative estimate of drug-likeness (QED) is 0.673. The molecule has 3 rings (SSSR count). The van der Waals surface area contributed by atoms with Gasteiger partial charge in [-0.2, -0.15) is 5.10 Å². The molecular weight excluding hydrogens is 296 g/mol. The largest absolute Gasteiger partial charge is 0.389 e. The zero-order chi connectivity index (χ0) is 16.4. The number of anilines is 1. The number of nitro groups is 1. The zero-order valence-electron chi connectivity index (χ0n) is 13.0. The molecule has 1 aromatic heterocycles. The molecule has 2 atom stereocenters. The fraction of sp³-hybridized carbons (Fsp3) is 0.438. The Morgan fingerprint density at radius 1 is 1.43 bits per heavy atom. The molecule has 1 N–H and O–H groups in total. The molecule has 0 amide bonds. The Bertz CT molecular complexity index is 700. The minimum Gasteiger partial charge on any atom is -0.389 e. The van der Waals surface area contributed by atoms with Gasteiger partial charge in [0.15, 0.2) is 0 Å². The van der Waals surface area contributed by atoms with E-state index in [9.17, 15) is 15.2 Å². The number of hydrogen-bond donors (Lipinski definition) is 1. The fourth-order valence-electron chi connectivity index (χ4n) is 3.09. The summed E-state index contributed by atoms with van der Waals surface area (Å²) in [7, 11) is 0. The van der Waals surface area contributed by atoms with Crippen LogP contribution < -0.4 is 4.90 Å². The van der Waals surface area contributed by atoms with Gasteiger partial charge in [-0.25, -0.2) is 0 Å². The first-order valence-electron chi connectivity index (χ1n) is 7.74. The van der Waals surface area contributed by atoms with Gasteiger partial charge >= 0.3 is 5.69 Å². The average molecular weight is 316 g/mol. The summed E-state index contributed by atoms with van der Waals surface area (Å²) in [5.41, 5.74) is 2.40. The highest BCUT2D eigenvalue weighted by Crippen LogP contribution is 2.30. The van der Waals surface area contributed by atoms with Crippen LogP contribution >= 0.6 is 0 Å². The van der Waals surface area contributed by atoms with E-state index in [1.54, 1.807) is 0 Å². The molecule has 1 aliphatic heterocycles. The molecule has 2 heterocycles. The molecule has 7 heteroatoms. The van der Waals surface area contributed by atoms with Crippen molar-refractivity contribution >= 4 is 11.4 Å². The number of nitrogens with zero attached hydrogens (tertiary/aromatic N) is 4. The molecule has 2 aromatic rings. The predicted molar refractivity (Wildman–Crippen MR) is 86.5 cm³/mol. The number of aromatic nitrogens is 2. The van der Waals surface area contributed by atoms with Gasteiger partial charge in [0.1, 0.15) is 12.4 Å². The summed E-state index contributed by atoms with van der Waals surface area (Å²) in [5.74, 6) is 0. The topological polar surface area (TPSA) is 84.4 Å². The SMILES string of the molecule is C[C@H]1CCc2ccccc2N1C[C@H](O)Cn1cc([N+](=O)[O-])cn1. The minimum atomic E-state index is -0.650. The second kappa shape index (κ2) is 6.37. The average Bonchev–Trinajstić information content (AvgIpc) is 2.99. The summed E-state index contributed by atoms with van der Waals surface area (Å²) >= 11 is 0. The predicted octanol–water partition coefficient (Wildman–Crippen LogP) is 1.99. The number of benzene rings is 1. The van der Waals surface area contributed by atoms with Crippen molar-refractivity contribution in [3.63, 3.8) is 0 Å². The lowest BCUT2D eigenvalue weighted by molar-refractivity contribution is -0.385. The summed E-state index contributed by atoms with van der Waals surface area (Å²) < 4.78 is 1.42. The van der Waals surface area contributed by atoms with Crippen LogP contribution in [0.15, 0.2) is 36.7 Å². The number of para-hydroxylation sites is 1. The molecule has 23 heavy (non-hydrogen) atoms. The maximum atomic E-state index is 10.7. The van der Waals surface area contributed by atoms with Crippen LogP contribution in [0.5, 0.6) is 0 Å².